The number of nitrogens with one attached hydrogen (secondary N) is 1. The van der Waals surface area contributed by atoms with Crippen LogP contribution in [0.3, 0.4) is 0 Å². The van der Waals surface area contributed by atoms with Crippen LogP contribution >= 0.6 is 11.6 Å². The number of halogens is 1. The van der Waals surface area contributed by atoms with Gasteiger partial charge in [0.2, 0.25) is 17.7 Å². The number of hydrogen-bond donors (Lipinski definition) is 3. The second-order valence-corrected chi connectivity index (χ2v) is 7.23. The van der Waals surface area contributed by atoms with Gasteiger partial charge in [0.25, 0.3) is 5.91 Å². The molecule has 0 fully saturated rings. The molecule has 4 aromatic rings. The molecule has 156 valence electrons. The van der Waals surface area contributed by atoms with E-state index in [4.69, 9.17) is 16.3 Å². The number of aromatic hydroxyl groups is 2. The van der Waals surface area contributed by atoms with Crippen molar-refractivity contribution in [1.29, 1.82) is 0 Å². The molecule has 3 aromatic carbocycles. The Morgan fingerprint density at radius 2 is 1.77 bits per heavy atom. The van der Waals surface area contributed by atoms with Crippen molar-refractivity contribution in [2.24, 2.45) is 0 Å². The number of aromatic nitrogens is 2. The summed E-state index contributed by atoms with van der Waals surface area (Å²) >= 11 is 6.10. The number of nitrogens with zero attached hydrogens (tertiary/aromatic N) is 2. The zero-order chi connectivity index (χ0) is 22.0. The molecule has 1 aromatic heterocycles. The molecule has 0 bridgehead atoms. The molecule has 4 rings (SSSR count). The number of rotatable bonds is 5. The fourth-order valence-electron chi connectivity index (χ4n) is 3.43. The molecule has 0 aliphatic carbocycles. The van der Waals surface area contributed by atoms with Crippen LogP contribution in [0.15, 0.2) is 72.8 Å². The SMILES string of the molecule is COc1ccccc1NC(=O)C[n+]1c(O)[n+](-c2cccc(Cl)c2)c(O)c2ccccc21. The molecule has 0 spiro atoms. The molecule has 31 heavy (non-hydrogen) atoms. The second-order valence-electron chi connectivity index (χ2n) is 6.79. The van der Waals surface area contributed by atoms with Crippen molar-refractivity contribution < 1.29 is 28.9 Å². The summed E-state index contributed by atoms with van der Waals surface area (Å²) in [5, 5.41) is 25.6. The minimum absolute atomic E-state index is 0.170. The van der Waals surface area contributed by atoms with Gasteiger partial charge < -0.3 is 20.3 Å². The minimum atomic E-state index is -0.377. The lowest BCUT2D eigenvalue weighted by molar-refractivity contribution is -0.774. The maximum Gasteiger partial charge on any atom is 0.638 e. The number of carbonyl (C=O) groups excluding carboxylic acids is 1. The third-order valence-corrected chi connectivity index (χ3v) is 5.07. The first-order valence-corrected chi connectivity index (χ1v) is 9.84. The maximum absolute atomic E-state index is 12.8. The number of benzene rings is 3. The predicted octanol–water partition coefficient (Wildman–Crippen LogP) is 3.12. The molecule has 0 aliphatic heterocycles. The number of methoxy groups -OCH3 is 1. The van der Waals surface area contributed by atoms with Gasteiger partial charge in [-0.3, -0.25) is 4.79 Å². The molecule has 0 radical (unpaired) electrons. The van der Waals surface area contributed by atoms with Crippen molar-refractivity contribution in [2.45, 2.75) is 6.54 Å². The van der Waals surface area contributed by atoms with Gasteiger partial charge in [0.15, 0.2) is 5.39 Å². The Kier molecular flexibility index (Phi) is 5.60. The summed E-state index contributed by atoms with van der Waals surface area (Å²) in [6.45, 7) is -0.203. The molecule has 0 saturated carbocycles. The first-order valence-electron chi connectivity index (χ1n) is 9.47. The Labute approximate surface area is 183 Å². The molecule has 1 amide bonds. The van der Waals surface area contributed by atoms with Crippen molar-refractivity contribution in [1.82, 2.24) is 0 Å². The van der Waals surface area contributed by atoms with Gasteiger partial charge in [-0.05, 0) is 28.8 Å². The van der Waals surface area contributed by atoms with Gasteiger partial charge in [-0.1, -0.05) is 46.5 Å². The summed E-state index contributed by atoms with van der Waals surface area (Å²) in [7, 11) is 1.52. The van der Waals surface area contributed by atoms with E-state index >= 15 is 0 Å². The zero-order valence-corrected chi connectivity index (χ0v) is 17.4. The van der Waals surface area contributed by atoms with E-state index < -0.39 is 0 Å². The number of fused-ring (bicyclic) bond motifs is 1. The lowest BCUT2D eigenvalue weighted by atomic mass is 10.2. The fourth-order valence-corrected chi connectivity index (χ4v) is 3.62. The third-order valence-electron chi connectivity index (χ3n) is 4.84. The fraction of sp³-hybridized carbons (Fsp3) is 0.0870. The molecular formula is C23H20ClN3O4+2. The Morgan fingerprint density at radius 1 is 1.03 bits per heavy atom. The van der Waals surface area contributed by atoms with E-state index in [0.29, 0.717) is 33.0 Å². The van der Waals surface area contributed by atoms with Crippen molar-refractivity contribution >= 4 is 34.1 Å². The smallest absolute Gasteiger partial charge is 0.495 e. The van der Waals surface area contributed by atoms with Gasteiger partial charge in [0.1, 0.15) is 5.75 Å². The predicted molar refractivity (Wildman–Crippen MR) is 116 cm³/mol. The maximum atomic E-state index is 12.8. The monoisotopic (exact) mass is 437 g/mol. The lowest BCUT2D eigenvalue weighted by Gasteiger charge is -2.09. The van der Waals surface area contributed by atoms with Gasteiger partial charge >= 0.3 is 11.9 Å². The van der Waals surface area contributed by atoms with E-state index in [-0.39, 0.29) is 24.3 Å². The van der Waals surface area contributed by atoms with Gasteiger partial charge in [-0.2, -0.15) is 0 Å². The lowest BCUT2D eigenvalue weighted by Crippen LogP contribution is -2.49. The zero-order valence-electron chi connectivity index (χ0n) is 16.6. The molecule has 1 heterocycles. The third kappa shape index (κ3) is 3.95. The molecule has 7 nitrogen and oxygen atoms in total. The van der Waals surface area contributed by atoms with Crippen LogP contribution in [-0.4, -0.2) is 23.2 Å². The van der Waals surface area contributed by atoms with E-state index in [1.165, 1.54) is 16.2 Å². The van der Waals surface area contributed by atoms with Crippen LogP contribution in [0.1, 0.15) is 0 Å². The van der Waals surface area contributed by atoms with E-state index in [0.717, 1.165) is 0 Å². The molecule has 0 unspecified atom stereocenters. The molecule has 3 N–H and O–H groups in total. The van der Waals surface area contributed by atoms with Crippen molar-refractivity contribution in [3.8, 4) is 23.3 Å². The number of ether oxygens (including phenoxy) is 1. The number of para-hydroxylation sites is 3. The van der Waals surface area contributed by atoms with Gasteiger partial charge in [-0.15, -0.1) is 0 Å². The summed E-state index contributed by atoms with van der Waals surface area (Å²) in [5.41, 5.74) is 1.46. The van der Waals surface area contributed by atoms with Gasteiger partial charge in [0.05, 0.1) is 12.8 Å². The Hall–Kier alpha value is -3.84. The number of hydrogen-bond acceptors (Lipinski definition) is 4. The first-order chi connectivity index (χ1) is 15.0. The summed E-state index contributed by atoms with van der Waals surface area (Å²) < 4.78 is 7.93. The number of anilines is 1. The average molecular weight is 438 g/mol. The summed E-state index contributed by atoms with van der Waals surface area (Å²) in [6, 6.07) is 20.4. The summed E-state index contributed by atoms with van der Waals surface area (Å²) in [6.07, 6.45) is 0. The molecule has 8 heteroatoms. The van der Waals surface area contributed by atoms with Crippen LogP contribution in [0.2, 0.25) is 5.02 Å². The molecule has 0 aliphatic rings. The standard InChI is InChI=1S/C23H18ClN3O4/c1-31-20-12-5-3-10-18(20)25-21(28)14-26-19-11-4-2-9-17(19)22(29)27(23(26)30)16-8-6-7-15(24)13-16/h2-13H,14H2,1H3,(H,25,28)/p+2. The van der Waals surface area contributed by atoms with E-state index in [1.54, 1.807) is 72.8 Å². The molecular weight excluding hydrogens is 418 g/mol. The van der Waals surface area contributed by atoms with Gasteiger partial charge in [-0.25, -0.2) is 0 Å². The van der Waals surface area contributed by atoms with Gasteiger partial charge in [0, 0.05) is 23.2 Å². The number of carbonyl (C=O) groups is 1. The van der Waals surface area contributed by atoms with Crippen molar-refractivity contribution in [3.05, 3.63) is 77.8 Å². The summed E-state index contributed by atoms with van der Waals surface area (Å²) in [5.74, 6) is -0.0235. The van der Waals surface area contributed by atoms with Crippen LogP contribution in [0.4, 0.5) is 5.69 Å². The van der Waals surface area contributed by atoms with Crippen molar-refractivity contribution in [2.75, 3.05) is 12.4 Å². The Morgan fingerprint density at radius 3 is 2.55 bits per heavy atom. The summed E-state index contributed by atoms with van der Waals surface area (Å²) in [4.78, 5) is 12.8. The highest BCUT2D eigenvalue weighted by Crippen LogP contribution is 2.25. The molecule has 0 atom stereocenters. The Balaban J connectivity index is 1.81. The van der Waals surface area contributed by atoms with Crippen LogP contribution in [0.5, 0.6) is 17.6 Å². The quantitative estimate of drug-likeness (QED) is 0.419. The highest BCUT2D eigenvalue weighted by atomic mass is 35.5. The van der Waals surface area contributed by atoms with E-state index in [9.17, 15) is 15.0 Å². The van der Waals surface area contributed by atoms with Crippen LogP contribution in [0.25, 0.3) is 16.6 Å². The average Bonchev–Trinajstić information content (AvgIpc) is 2.77. The Bertz CT molecular complexity index is 1290. The number of amides is 1. The highest BCUT2D eigenvalue weighted by Gasteiger charge is 2.36. The molecule has 0 saturated heterocycles. The van der Waals surface area contributed by atoms with Crippen LogP contribution in [0, 0.1) is 0 Å². The van der Waals surface area contributed by atoms with Crippen molar-refractivity contribution in [3.63, 3.8) is 0 Å². The highest BCUT2D eigenvalue weighted by molar-refractivity contribution is 6.30. The topological polar surface area (TPSA) is 86.5 Å². The minimum Gasteiger partial charge on any atom is -0.495 e. The van der Waals surface area contributed by atoms with E-state index in [2.05, 4.69) is 5.32 Å². The van der Waals surface area contributed by atoms with Crippen LogP contribution < -0.4 is 19.2 Å². The normalized spacial score (nSPS) is 10.8. The van der Waals surface area contributed by atoms with E-state index in [1.807, 2.05) is 0 Å². The van der Waals surface area contributed by atoms with Crippen LogP contribution in [-0.2, 0) is 11.3 Å². The first kappa shape index (κ1) is 20.4. The largest absolute Gasteiger partial charge is 0.638 e. The second kappa shape index (κ2) is 8.49.